The Labute approximate surface area is 101 Å². The van der Waals surface area contributed by atoms with Crippen molar-refractivity contribution in [2.24, 2.45) is 5.73 Å². The fraction of sp³-hybridized carbons (Fsp3) is 0.462. The highest BCUT2D eigenvalue weighted by Crippen LogP contribution is 2.27. The lowest BCUT2D eigenvalue weighted by Gasteiger charge is -2.20. The topological polar surface area (TPSA) is 55.6 Å². The molecular formula is C13H18N2O2. The number of nitrogens with zero attached hydrogens (tertiary/aromatic N) is 1. The van der Waals surface area contributed by atoms with Gasteiger partial charge in [0, 0.05) is 18.8 Å². The molecule has 0 bridgehead atoms. The number of ether oxygens (including phenoxy) is 1. The molecule has 2 rings (SSSR count). The van der Waals surface area contributed by atoms with Gasteiger partial charge in [-0.1, -0.05) is 18.2 Å². The molecule has 4 nitrogen and oxygen atoms in total. The Morgan fingerprint density at radius 1 is 1.53 bits per heavy atom. The minimum atomic E-state index is -0.521. The number of rotatable bonds is 4. The van der Waals surface area contributed by atoms with Gasteiger partial charge in [0.2, 0.25) is 0 Å². The van der Waals surface area contributed by atoms with E-state index in [1.165, 1.54) is 18.4 Å². The smallest absolute Gasteiger partial charge is 0.322 e. The standard InChI is InChI=1S/C13H18N2O2/c1-17-13(16)11(14)7-9-15-8-6-10-4-2-3-5-12(10)15/h2-5,11H,6-9,14H2,1H3. The van der Waals surface area contributed by atoms with Gasteiger partial charge in [-0.15, -0.1) is 0 Å². The first kappa shape index (κ1) is 11.9. The minimum Gasteiger partial charge on any atom is -0.468 e. The molecule has 0 amide bonds. The zero-order chi connectivity index (χ0) is 12.3. The number of para-hydroxylation sites is 1. The largest absolute Gasteiger partial charge is 0.468 e. The second-order valence-electron chi connectivity index (χ2n) is 4.28. The summed E-state index contributed by atoms with van der Waals surface area (Å²) < 4.78 is 4.61. The van der Waals surface area contributed by atoms with Crippen molar-refractivity contribution >= 4 is 11.7 Å². The van der Waals surface area contributed by atoms with Crippen LogP contribution in [0.4, 0.5) is 5.69 Å². The zero-order valence-corrected chi connectivity index (χ0v) is 10.1. The second kappa shape index (κ2) is 5.19. The Morgan fingerprint density at radius 2 is 2.29 bits per heavy atom. The number of anilines is 1. The molecule has 1 atom stereocenters. The van der Waals surface area contributed by atoms with E-state index in [4.69, 9.17) is 5.73 Å². The highest BCUT2D eigenvalue weighted by molar-refractivity contribution is 5.75. The predicted octanol–water partition coefficient (Wildman–Crippen LogP) is 0.940. The molecule has 0 saturated carbocycles. The summed E-state index contributed by atoms with van der Waals surface area (Å²) in [4.78, 5) is 13.5. The maximum atomic E-state index is 11.2. The van der Waals surface area contributed by atoms with Crippen molar-refractivity contribution in [3.63, 3.8) is 0 Å². The third-order valence-electron chi connectivity index (χ3n) is 3.20. The molecule has 0 spiro atoms. The van der Waals surface area contributed by atoms with E-state index in [9.17, 15) is 4.79 Å². The number of carbonyl (C=O) groups excluding carboxylic acids is 1. The molecule has 92 valence electrons. The summed E-state index contributed by atoms with van der Waals surface area (Å²) in [6.45, 7) is 1.81. The van der Waals surface area contributed by atoms with Crippen LogP contribution in [0.2, 0.25) is 0 Å². The predicted molar refractivity (Wildman–Crippen MR) is 67.0 cm³/mol. The van der Waals surface area contributed by atoms with Crippen LogP contribution < -0.4 is 10.6 Å². The maximum absolute atomic E-state index is 11.2. The molecule has 17 heavy (non-hydrogen) atoms. The van der Waals surface area contributed by atoms with E-state index in [0.717, 1.165) is 19.5 Å². The highest BCUT2D eigenvalue weighted by Gasteiger charge is 2.20. The number of hydrogen-bond acceptors (Lipinski definition) is 4. The van der Waals surface area contributed by atoms with Crippen LogP contribution in [-0.2, 0) is 16.0 Å². The number of hydrogen-bond donors (Lipinski definition) is 1. The molecule has 0 saturated heterocycles. The Kier molecular flexibility index (Phi) is 3.64. The van der Waals surface area contributed by atoms with E-state index in [-0.39, 0.29) is 5.97 Å². The molecule has 1 aliphatic rings. The average Bonchev–Trinajstić information content (AvgIpc) is 2.78. The molecule has 0 radical (unpaired) electrons. The Bertz CT molecular complexity index is 406. The van der Waals surface area contributed by atoms with E-state index >= 15 is 0 Å². The van der Waals surface area contributed by atoms with Crippen LogP contribution in [0.25, 0.3) is 0 Å². The third kappa shape index (κ3) is 2.58. The first-order valence-electron chi connectivity index (χ1n) is 5.88. The number of esters is 1. The molecule has 1 aliphatic heterocycles. The number of methoxy groups -OCH3 is 1. The molecule has 0 aromatic heterocycles. The van der Waals surface area contributed by atoms with E-state index in [0.29, 0.717) is 6.42 Å². The third-order valence-corrected chi connectivity index (χ3v) is 3.20. The lowest BCUT2D eigenvalue weighted by molar-refractivity contribution is -0.142. The summed E-state index contributed by atoms with van der Waals surface area (Å²) in [6.07, 6.45) is 1.70. The second-order valence-corrected chi connectivity index (χ2v) is 4.28. The summed E-state index contributed by atoms with van der Waals surface area (Å²) in [5.41, 5.74) is 8.37. The maximum Gasteiger partial charge on any atom is 0.322 e. The van der Waals surface area contributed by atoms with Crippen molar-refractivity contribution in [3.05, 3.63) is 29.8 Å². The number of nitrogens with two attached hydrogens (primary N) is 1. The highest BCUT2D eigenvalue weighted by atomic mass is 16.5. The van der Waals surface area contributed by atoms with Gasteiger partial charge in [-0.2, -0.15) is 0 Å². The summed E-state index contributed by atoms with van der Waals surface area (Å²) in [7, 11) is 1.37. The Morgan fingerprint density at radius 3 is 3.06 bits per heavy atom. The molecule has 1 aromatic rings. The molecule has 1 aromatic carbocycles. The summed E-state index contributed by atoms with van der Waals surface area (Å²) >= 11 is 0. The van der Waals surface area contributed by atoms with Gasteiger partial charge in [-0.3, -0.25) is 4.79 Å². The van der Waals surface area contributed by atoms with Crippen molar-refractivity contribution in [2.45, 2.75) is 18.9 Å². The van der Waals surface area contributed by atoms with Crippen molar-refractivity contribution in [1.82, 2.24) is 0 Å². The van der Waals surface area contributed by atoms with Gasteiger partial charge in [0.1, 0.15) is 6.04 Å². The van der Waals surface area contributed by atoms with Gasteiger partial charge >= 0.3 is 5.97 Å². The molecule has 1 heterocycles. The van der Waals surface area contributed by atoms with Crippen molar-refractivity contribution in [1.29, 1.82) is 0 Å². The lowest BCUT2D eigenvalue weighted by atomic mass is 10.2. The van der Waals surface area contributed by atoms with E-state index < -0.39 is 6.04 Å². The number of benzene rings is 1. The monoisotopic (exact) mass is 234 g/mol. The van der Waals surface area contributed by atoms with Gasteiger partial charge < -0.3 is 15.4 Å². The quantitative estimate of drug-likeness (QED) is 0.788. The molecule has 2 N–H and O–H groups in total. The number of carbonyl (C=O) groups is 1. The van der Waals surface area contributed by atoms with Gasteiger partial charge in [-0.25, -0.2) is 0 Å². The fourth-order valence-corrected chi connectivity index (χ4v) is 2.20. The minimum absolute atomic E-state index is 0.336. The molecule has 0 fully saturated rings. The van der Waals surface area contributed by atoms with Crippen LogP contribution in [0.1, 0.15) is 12.0 Å². The number of fused-ring (bicyclic) bond motifs is 1. The molecule has 1 unspecified atom stereocenters. The van der Waals surface area contributed by atoms with Crippen LogP contribution in [0, 0.1) is 0 Å². The Balaban J connectivity index is 1.92. The summed E-state index contributed by atoms with van der Waals surface area (Å²) in [6, 6.07) is 7.84. The van der Waals surface area contributed by atoms with E-state index in [1.54, 1.807) is 0 Å². The summed E-state index contributed by atoms with van der Waals surface area (Å²) in [5, 5.41) is 0. The van der Waals surface area contributed by atoms with Gasteiger partial charge in [-0.05, 0) is 24.5 Å². The first-order valence-corrected chi connectivity index (χ1v) is 5.88. The SMILES string of the molecule is COC(=O)C(N)CCN1CCc2ccccc21. The van der Waals surface area contributed by atoms with E-state index in [1.807, 2.05) is 6.07 Å². The van der Waals surface area contributed by atoms with Crippen LogP contribution in [-0.4, -0.2) is 32.2 Å². The van der Waals surface area contributed by atoms with E-state index in [2.05, 4.69) is 27.8 Å². The molecule has 4 heteroatoms. The fourth-order valence-electron chi connectivity index (χ4n) is 2.20. The molecule has 0 aliphatic carbocycles. The van der Waals surface area contributed by atoms with Gasteiger partial charge in [0.05, 0.1) is 7.11 Å². The van der Waals surface area contributed by atoms with Gasteiger partial charge in [0.15, 0.2) is 0 Å². The zero-order valence-electron chi connectivity index (χ0n) is 10.1. The lowest BCUT2D eigenvalue weighted by Crippen LogP contribution is -2.36. The van der Waals surface area contributed by atoms with Crippen molar-refractivity contribution < 1.29 is 9.53 Å². The van der Waals surface area contributed by atoms with Crippen LogP contribution in [0.15, 0.2) is 24.3 Å². The normalized spacial score (nSPS) is 15.5. The summed E-state index contributed by atoms with van der Waals surface area (Å²) in [5.74, 6) is -0.336. The first-order chi connectivity index (χ1) is 8.22. The van der Waals surface area contributed by atoms with Gasteiger partial charge in [0.25, 0.3) is 0 Å². The average molecular weight is 234 g/mol. The van der Waals surface area contributed by atoms with Crippen LogP contribution in [0.5, 0.6) is 0 Å². The Hall–Kier alpha value is -1.55. The van der Waals surface area contributed by atoms with Crippen molar-refractivity contribution in [3.8, 4) is 0 Å². The van der Waals surface area contributed by atoms with Crippen LogP contribution in [0.3, 0.4) is 0 Å². The van der Waals surface area contributed by atoms with Crippen molar-refractivity contribution in [2.75, 3.05) is 25.1 Å². The van der Waals surface area contributed by atoms with Crippen LogP contribution >= 0.6 is 0 Å². The molecular weight excluding hydrogens is 216 g/mol.